The molecule has 0 saturated carbocycles. The molecule has 1 fully saturated rings. The highest BCUT2D eigenvalue weighted by Crippen LogP contribution is 2.14. The van der Waals surface area contributed by atoms with E-state index in [1.807, 2.05) is 18.2 Å². The first-order valence-corrected chi connectivity index (χ1v) is 6.66. The minimum absolute atomic E-state index is 0. The van der Waals surface area contributed by atoms with Crippen molar-refractivity contribution in [1.29, 1.82) is 0 Å². The van der Waals surface area contributed by atoms with E-state index < -0.39 is 0 Å². The lowest BCUT2D eigenvalue weighted by Gasteiger charge is -2.27. The Labute approximate surface area is 120 Å². The molecular weight excluding hydrogens is 262 g/mol. The number of hydrogen-bond donors (Lipinski definition) is 2. The number of nitrogens with zero attached hydrogens (tertiary/aromatic N) is 1. The molecular formula is C14H22ClN3O. The number of halogens is 1. The SMILES string of the molecule is CC1CCNC(C(=O)NCCc2ccccn2)C1.Cl. The number of nitrogens with one attached hydrogen (secondary N) is 2. The van der Waals surface area contributed by atoms with E-state index in [1.54, 1.807) is 6.20 Å². The molecule has 2 rings (SSSR count). The second kappa shape index (κ2) is 8.12. The van der Waals surface area contributed by atoms with Crippen LogP contribution in [0.5, 0.6) is 0 Å². The molecule has 1 aromatic heterocycles. The maximum atomic E-state index is 11.9. The van der Waals surface area contributed by atoms with Crippen molar-refractivity contribution in [3.05, 3.63) is 30.1 Å². The molecule has 2 unspecified atom stereocenters. The van der Waals surface area contributed by atoms with Gasteiger partial charge in [-0.15, -0.1) is 12.4 Å². The van der Waals surface area contributed by atoms with E-state index >= 15 is 0 Å². The summed E-state index contributed by atoms with van der Waals surface area (Å²) >= 11 is 0. The smallest absolute Gasteiger partial charge is 0.237 e. The van der Waals surface area contributed by atoms with Crippen molar-refractivity contribution in [3.8, 4) is 0 Å². The largest absolute Gasteiger partial charge is 0.354 e. The Morgan fingerprint density at radius 1 is 1.53 bits per heavy atom. The van der Waals surface area contributed by atoms with Gasteiger partial charge in [0.1, 0.15) is 0 Å². The van der Waals surface area contributed by atoms with Crippen LogP contribution in [-0.4, -0.2) is 30.0 Å². The highest BCUT2D eigenvalue weighted by atomic mass is 35.5. The van der Waals surface area contributed by atoms with Crippen LogP contribution in [0.25, 0.3) is 0 Å². The molecule has 5 heteroatoms. The highest BCUT2D eigenvalue weighted by Gasteiger charge is 2.23. The van der Waals surface area contributed by atoms with E-state index in [0.717, 1.165) is 31.5 Å². The van der Waals surface area contributed by atoms with Crippen molar-refractivity contribution in [2.24, 2.45) is 5.92 Å². The molecule has 0 aliphatic carbocycles. The van der Waals surface area contributed by atoms with Crippen molar-refractivity contribution in [2.75, 3.05) is 13.1 Å². The normalized spacial score (nSPS) is 22.4. The van der Waals surface area contributed by atoms with Gasteiger partial charge in [0, 0.05) is 24.9 Å². The molecule has 2 atom stereocenters. The zero-order valence-corrected chi connectivity index (χ0v) is 12.1. The second-order valence-corrected chi connectivity index (χ2v) is 5.00. The number of carbonyl (C=O) groups excluding carboxylic acids is 1. The summed E-state index contributed by atoms with van der Waals surface area (Å²) in [5.74, 6) is 0.760. The molecule has 4 nitrogen and oxygen atoms in total. The molecule has 0 bridgehead atoms. The minimum Gasteiger partial charge on any atom is -0.354 e. The second-order valence-electron chi connectivity index (χ2n) is 5.00. The van der Waals surface area contributed by atoms with Gasteiger partial charge in [-0.2, -0.15) is 0 Å². The van der Waals surface area contributed by atoms with Gasteiger partial charge in [-0.1, -0.05) is 13.0 Å². The summed E-state index contributed by atoms with van der Waals surface area (Å²) in [6, 6.07) is 5.83. The number of pyridine rings is 1. The Morgan fingerprint density at radius 3 is 3.05 bits per heavy atom. The summed E-state index contributed by atoms with van der Waals surface area (Å²) < 4.78 is 0. The zero-order chi connectivity index (χ0) is 12.8. The zero-order valence-electron chi connectivity index (χ0n) is 11.3. The van der Waals surface area contributed by atoms with E-state index in [2.05, 4.69) is 22.5 Å². The molecule has 0 radical (unpaired) electrons. The predicted octanol–water partition coefficient (Wildman–Crippen LogP) is 1.55. The fraction of sp³-hybridized carbons (Fsp3) is 0.571. The van der Waals surface area contributed by atoms with Crippen molar-refractivity contribution < 1.29 is 4.79 Å². The molecule has 1 aliphatic rings. The summed E-state index contributed by atoms with van der Waals surface area (Å²) in [5.41, 5.74) is 1.02. The van der Waals surface area contributed by atoms with Gasteiger partial charge in [0.05, 0.1) is 6.04 Å². The van der Waals surface area contributed by atoms with Gasteiger partial charge >= 0.3 is 0 Å². The quantitative estimate of drug-likeness (QED) is 0.882. The molecule has 0 spiro atoms. The first kappa shape index (κ1) is 15.9. The Kier molecular flexibility index (Phi) is 6.81. The molecule has 2 N–H and O–H groups in total. The van der Waals surface area contributed by atoms with Crippen LogP contribution in [-0.2, 0) is 11.2 Å². The third-order valence-electron chi connectivity index (χ3n) is 3.39. The van der Waals surface area contributed by atoms with E-state index in [9.17, 15) is 4.79 Å². The van der Waals surface area contributed by atoms with Gasteiger partial charge in [-0.05, 0) is 37.4 Å². The van der Waals surface area contributed by atoms with E-state index in [0.29, 0.717) is 12.5 Å². The van der Waals surface area contributed by atoms with E-state index in [-0.39, 0.29) is 24.4 Å². The first-order valence-electron chi connectivity index (χ1n) is 6.66. The lowest BCUT2D eigenvalue weighted by Crippen LogP contribution is -2.48. The summed E-state index contributed by atoms with van der Waals surface area (Å²) in [6.07, 6.45) is 4.67. The fourth-order valence-corrected chi connectivity index (χ4v) is 2.29. The van der Waals surface area contributed by atoms with Crippen molar-refractivity contribution >= 4 is 18.3 Å². The van der Waals surface area contributed by atoms with Crippen molar-refractivity contribution in [1.82, 2.24) is 15.6 Å². The van der Waals surface area contributed by atoms with Crippen LogP contribution in [0, 0.1) is 5.92 Å². The molecule has 106 valence electrons. The number of carbonyl (C=O) groups is 1. The topological polar surface area (TPSA) is 54.0 Å². The number of piperidine rings is 1. The van der Waals surface area contributed by atoms with Gasteiger partial charge < -0.3 is 10.6 Å². The standard InChI is InChI=1S/C14H21N3O.ClH/c1-11-5-8-16-13(10-11)14(18)17-9-6-12-4-2-3-7-15-12;/h2-4,7,11,13,16H,5-6,8-10H2,1H3,(H,17,18);1H. The van der Waals surface area contributed by atoms with Crippen LogP contribution >= 0.6 is 12.4 Å². The van der Waals surface area contributed by atoms with Crippen LogP contribution in [0.3, 0.4) is 0 Å². The number of aromatic nitrogens is 1. The molecule has 1 aliphatic heterocycles. The summed E-state index contributed by atoms with van der Waals surface area (Å²) in [7, 11) is 0. The lowest BCUT2D eigenvalue weighted by molar-refractivity contribution is -0.124. The van der Waals surface area contributed by atoms with Crippen LogP contribution < -0.4 is 10.6 Å². The number of amides is 1. The first-order chi connectivity index (χ1) is 8.75. The van der Waals surface area contributed by atoms with Crippen LogP contribution in [0.15, 0.2) is 24.4 Å². The van der Waals surface area contributed by atoms with Gasteiger partial charge in [0.15, 0.2) is 0 Å². The Hall–Kier alpha value is -1.13. The maximum Gasteiger partial charge on any atom is 0.237 e. The highest BCUT2D eigenvalue weighted by molar-refractivity contribution is 5.85. The van der Waals surface area contributed by atoms with Gasteiger partial charge in [0.2, 0.25) is 5.91 Å². The molecule has 1 amide bonds. The Balaban J connectivity index is 0.00000180. The molecule has 0 aromatic carbocycles. The van der Waals surface area contributed by atoms with Gasteiger partial charge in [0.25, 0.3) is 0 Å². The van der Waals surface area contributed by atoms with Crippen molar-refractivity contribution in [3.63, 3.8) is 0 Å². The average Bonchev–Trinajstić information content (AvgIpc) is 2.40. The van der Waals surface area contributed by atoms with E-state index in [1.165, 1.54) is 0 Å². The lowest BCUT2D eigenvalue weighted by atomic mass is 9.94. The molecule has 1 aromatic rings. The summed E-state index contributed by atoms with van der Waals surface area (Å²) in [5, 5.41) is 6.25. The molecule has 19 heavy (non-hydrogen) atoms. The predicted molar refractivity (Wildman–Crippen MR) is 78.4 cm³/mol. The number of rotatable bonds is 4. The van der Waals surface area contributed by atoms with Crippen molar-refractivity contribution in [2.45, 2.75) is 32.2 Å². The van der Waals surface area contributed by atoms with Crippen LogP contribution in [0.1, 0.15) is 25.5 Å². The van der Waals surface area contributed by atoms with E-state index in [4.69, 9.17) is 0 Å². The van der Waals surface area contributed by atoms with Gasteiger partial charge in [-0.25, -0.2) is 0 Å². The van der Waals surface area contributed by atoms with Crippen LogP contribution in [0.4, 0.5) is 0 Å². The third-order valence-corrected chi connectivity index (χ3v) is 3.39. The number of hydrogen-bond acceptors (Lipinski definition) is 3. The van der Waals surface area contributed by atoms with Crippen LogP contribution in [0.2, 0.25) is 0 Å². The Bertz CT molecular complexity index is 386. The summed E-state index contributed by atoms with van der Waals surface area (Å²) in [6.45, 7) is 3.80. The maximum absolute atomic E-state index is 11.9. The average molecular weight is 284 g/mol. The minimum atomic E-state index is -0.0162. The molecule has 2 heterocycles. The van der Waals surface area contributed by atoms with Gasteiger partial charge in [-0.3, -0.25) is 9.78 Å². The molecule has 1 saturated heterocycles. The third kappa shape index (κ3) is 5.17. The summed E-state index contributed by atoms with van der Waals surface area (Å²) in [4.78, 5) is 16.2. The fourth-order valence-electron chi connectivity index (χ4n) is 2.29. The Morgan fingerprint density at radius 2 is 2.37 bits per heavy atom. The monoisotopic (exact) mass is 283 g/mol.